The van der Waals surface area contributed by atoms with Crippen LogP contribution in [-0.2, 0) is 6.54 Å². The van der Waals surface area contributed by atoms with Gasteiger partial charge >= 0.3 is 0 Å². The Morgan fingerprint density at radius 3 is 2.64 bits per heavy atom. The standard InChI is InChI=1S/C17H16Cl2N2O/c1-2-16(22)17-20-14-5-3-4-6-15(14)21(17)10-11-7-8-12(18)13(19)9-11/h3-9,16,22H,2,10H2,1H3/t16-/m0/s1. The lowest BCUT2D eigenvalue weighted by molar-refractivity contribution is 0.160. The molecule has 2 aromatic carbocycles. The molecule has 0 bridgehead atoms. The molecule has 22 heavy (non-hydrogen) atoms. The van der Waals surface area contributed by atoms with Gasteiger partial charge in [-0.1, -0.05) is 48.3 Å². The Bertz CT molecular complexity index is 814. The predicted octanol–water partition coefficient (Wildman–Crippen LogP) is 4.83. The van der Waals surface area contributed by atoms with Crippen molar-refractivity contribution in [2.75, 3.05) is 0 Å². The van der Waals surface area contributed by atoms with Crippen molar-refractivity contribution in [1.29, 1.82) is 0 Å². The van der Waals surface area contributed by atoms with Crippen LogP contribution >= 0.6 is 23.2 Å². The largest absolute Gasteiger partial charge is 0.385 e. The summed E-state index contributed by atoms with van der Waals surface area (Å²) >= 11 is 12.1. The van der Waals surface area contributed by atoms with Gasteiger partial charge in [-0.15, -0.1) is 0 Å². The minimum atomic E-state index is -0.588. The van der Waals surface area contributed by atoms with Crippen molar-refractivity contribution in [2.45, 2.75) is 26.0 Å². The van der Waals surface area contributed by atoms with Crippen LogP contribution in [0.4, 0.5) is 0 Å². The number of rotatable bonds is 4. The summed E-state index contributed by atoms with van der Waals surface area (Å²) in [6, 6.07) is 13.4. The minimum Gasteiger partial charge on any atom is -0.385 e. The van der Waals surface area contributed by atoms with E-state index >= 15 is 0 Å². The molecule has 1 aromatic heterocycles. The van der Waals surface area contributed by atoms with Crippen LogP contribution in [0.5, 0.6) is 0 Å². The molecular formula is C17H16Cl2N2O. The van der Waals surface area contributed by atoms with E-state index < -0.39 is 6.10 Å². The fourth-order valence-corrected chi connectivity index (χ4v) is 2.84. The first-order valence-electron chi connectivity index (χ1n) is 7.17. The Balaban J connectivity index is 2.09. The van der Waals surface area contributed by atoms with Crippen LogP contribution in [0.15, 0.2) is 42.5 Å². The first kappa shape index (κ1) is 15.3. The second-order valence-corrected chi connectivity index (χ2v) is 6.03. The Morgan fingerprint density at radius 1 is 1.14 bits per heavy atom. The van der Waals surface area contributed by atoms with E-state index in [1.54, 1.807) is 6.07 Å². The summed E-state index contributed by atoms with van der Waals surface area (Å²) in [7, 11) is 0. The van der Waals surface area contributed by atoms with E-state index in [9.17, 15) is 5.11 Å². The Morgan fingerprint density at radius 2 is 1.91 bits per heavy atom. The van der Waals surface area contributed by atoms with E-state index in [0.29, 0.717) is 28.8 Å². The summed E-state index contributed by atoms with van der Waals surface area (Å²) in [5.74, 6) is 0.676. The van der Waals surface area contributed by atoms with Crippen LogP contribution in [-0.4, -0.2) is 14.7 Å². The number of benzene rings is 2. The molecule has 3 aromatic rings. The van der Waals surface area contributed by atoms with Crippen molar-refractivity contribution in [3.63, 3.8) is 0 Å². The van der Waals surface area contributed by atoms with Gasteiger partial charge in [0.2, 0.25) is 0 Å². The monoisotopic (exact) mass is 334 g/mol. The third-order valence-corrected chi connectivity index (χ3v) is 4.43. The van der Waals surface area contributed by atoms with Crippen molar-refractivity contribution in [2.24, 2.45) is 0 Å². The summed E-state index contributed by atoms with van der Waals surface area (Å²) < 4.78 is 2.03. The number of hydrogen-bond donors (Lipinski definition) is 1. The molecule has 0 saturated carbocycles. The average Bonchev–Trinajstić information content (AvgIpc) is 2.89. The summed E-state index contributed by atoms with van der Waals surface area (Å²) in [6.45, 7) is 2.53. The fraction of sp³-hybridized carbons (Fsp3) is 0.235. The van der Waals surface area contributed by atoms with Crippen LogP contribution in [0, 0.1) is 0 Å². The number of aliphatic hydroxyl groups excluding tert-OH is 1. The van der Waals surface area contributed by atoms with Gasteiger partial charge in [-0.2, -0.15) is 0 Å². The molecule has 0 spiro atoms. The van der Waals surface area contributed by atoms with Gasteiger partial charge in [-0.05, 0) is 36.2 Å². The molecule has 0 unspecified atom stereocenters. The highest BCUT2D eigenvalue weighted by Gasteiger charge is 2.17. The van der Waals surface area contributed by atoms with E-state index in [1.807, 2.05) is 47.9 Å². The van der Waals surface area contributed by atoms with Gasteiger partial charge in [0.05, 0.1) is 21.1 Å². The molecule has 1 N–H and O–H groups in total. The van der Waals surface area contributed by atoms with Gasteiger partial charge in [-0.25, -0.2) is 4.98 Å². The van der Waals surface area contributed by atoms with E-state index in [-0.39, 0.29) is 0 Å². The number of aliphatic hydroxyl groups is 1. The third kappa shape index (κ3) is 2.84. The molecule has 1 atom stereocenters. The SMILES string of the molecule is CC[C@H](O)c1nc2ccccc2n1Cc1ccc(Cl)c(Cl)c1. The average molecular weight is 335 g/mol. The summed E-state index contributed by atoms with van der Waals surface area (Å²) in [5.41, 5.74) is 2.89. The normalized spacial score (nSPS) is 12.7. The van der Waals surface area contributed by atoms with Crippen LogP contribution < -0.4 is 0 Å². The van der Waals surface area contributed by atoms with Gasteiger partial charge < -0.3 is 9.67 Å². The van der Waals surface area contributed by atoms with Crippen molar-refractivity contribution < 1.29 is 5.11 Å². The molecule has 0 saturated heterocycles. The first-order chi connectivity index (χ1) is 10.6. The molecule has 0 radical (unpaired) electrons. The molecule has 0 aliphatic rings. The maximum absolute atomic E-state index is 10.3. The van der Waals surface area contributed by atoms with E-state index in [4.69, 9.17) is 23.2 Å². The van der Waals surface area contributed by atoms with Gasteiger partial charge in [-0.3, -0.25) is 0 Å². The molecule has 1 heterocycles. The molecular weight excluding hydrogens is 319 g/mol. The van der Waals surface area contributed by atoms with Gasteiger partial charge in [0.15, 0.2) is 0 Å². The van der Waals surface area contributed by atoms with Crippen LogP contribution in [0.2, 0.25) is 10.0 Å². The molecule has 0 fully saturated rings. The number of para-hydroxylation sites is 2. The minimum absolute atomic E-state index is 0.529. The molecule has 5 heteroatoms. The number of hydrogen-bond acceptors (Lipinski definition) is 2. The lowest BCUT2D eigenvalue weighted by atomic mass is 10.2. The van der Waals surface area contributed by atoms with E-state index in [1.165, 1.54) is 0 Å². The Labute approximate surface area is 139 Å². The Kier molecular flexibility index (Phi) is 4.39. The van der Waals surface area contributed by atoms with Crippen LogP contribution in [0.1, 0.15) is 30.8 Å². The lowest BCUT2D eigenvalue weighted by Gasteiger charge is -2.13. The lowest BCUT2D eigenvalue weighted by Crippen LogP contribution is -2.09. The number of nitrogens with zero attached hydrogens (tertiary/aromatic N) is 2. The first-order valence-corrected chi connectivity index (χ1v) is 7.93. The molecule has 114 valence electrons. The van der Waals surface area contributed by atoms with Crippen LogP contribution in [0.25, 0.3) is 11.0 Å². The molecule has 0 aliphatic carbocycles. The highest BCUT2D eigenvalue weighted by Crippen LogP contribution is 2.26. The highest BCUT2D eigenvalue weighted by atomic mass is 35.5. The maximum atomic E-state index is 10.3. The second-order valence-electron chi connectivity index (χ2n) is 5.22. The molecule has 3 nitrogen and oxygen atoms in total. The molecule has 0 aliphatic heterocycles. The van der Waals surface area contributed by atoms with Crippen molar-refractivity contribution >= 4 is 34.2 Å². The van der Waals surface area contributed by atoms with Crippen molar-refractivity contribution in [3.8, 4) is 0 Å². The number of halogens is 2. The summed E-state index contributed by atoms with van der Waals surface area (Å²) in [4.78, 5) is 4.57. The zero-order chi connectivity index (χ0) is 15.7. The highest BCUT2D eigenvalue weighted by molar-refractivity contribution is 6.42. The van der Waals surface area contributed by atoms with Crippen molar-refractivity contribution in [1.82, 2.24) is 9.55 Å². The summed E-state index contributed by atoms with van der Waals surface area (Å²) in [5, 5.41) is 11.3. The number of imidazole rings is 1. The molecule has 3 rings (SSSR count). The number of aromatic nitrogens is 2. The van der Waals surface area contributed by atoms with Gasteiger partial charge in [0, 0.05) is 6.54 Å². The quantitative estimate of drug-likeness (QED) is 0.741. The zero-order valence-corrected chi connectivity index (χ0v) is 13.6. The maximum Gasteiger partial charge on any atom is 0.139 e. The molecule has 0 amide bonds. The zero-order valence-electron chi connectivity index (χ0n) is 12.1. The fourth-order valence-electron chi connectivity index (χ4n) is 2.52. The smallest absolute Gasteiger partial charge is 0.139 e. The second kappa shape index (κ2) is 6.29. The topological polar surface area (TPSA) is 38.1 Å². The van der Waals surface area contributed by atoms with E-state index in [0.717, 1.165) is 16.6 Å². The van der Waals surface area contributed by atoms with E-state index in [2.05, 4.69) is 4.98 Å². The Hall–Kier alpha value is -1.55. The van der Waals surface area contributed by atoms with Gasteiger partial charge in [0.25, 0.3) is 0 Å². The van der Waals surface area contributed by atoms with Gasteiger partial charge in [0.1, 0.15) is 11.9 Å². The number of fused-ring (bicyclic) bond motifs is 1. The van der Waals surface area contributed by atoms with Crippen LogP contribution in [0.3, 0.4) is 0 Å². The third-order valence-electron chi connectivity index (χ3n) is 3.69. The summed E-state index contributed by atoms with van der Waals surface area (Å²) in [6.07, 6.45) is 0.0280. The van der Waals surface area contributed by atoms with Crippen molar-refractivity contribution in [3.05, 3.63) is 63.9 Å². The predicted molar refractivity (Wildman–Crippen MR) is 90.5 cm³/mol.